The third-order valence-corrected chi connectivity index (χ3v) is 5.40. The molecule has 3 heteroatoms. The second kappa shape index (κ2) is 8.25. The van der Waals surface area contributed by atoms with Crippen LogP contribution in [0.3, 0.4) is 0 Å². The third-order valence-electron chi connectivity index (χ3n) is 5.40. The molecule has 0 aromatic heterocycles. The standard InChI is InChI=1S/C20H32FNO/c1-4-5-6-12-20(23)13-10-16(11-14-20)19(22(2)3)17-8-7-9-18(21)15-17/h7-9,15-16,19,23H,4-6,10-14H2,1-3H3. The summed E-state index contributed by atoms with van der Waals surface area (Å²) in [6.45, 7) is 2.20. The maximum absolute atomic E-state index is 13.6. The van der Waals surface area contributed by atoms with Gasteiger partial charge in [0.05, 0.1) is 5.60 Å². The SMILES string of the molecule is CCCCCC1(O)CCC(C(c2cccc(F)c2)N(C)C)CC1. The first-order valence-electron chi connectivity index (χ1n) is 9.09. The fraction of sp³-hybridized carbons (Fsp3) is 0.700. The van der Waals surface area contributed by atoms with Crippen LogP contribution in [0, 0.1) is 11.7 Å². The lowest BCUT2D eigenvalue weighted by Gasteiger charge is -2.41. The summed E-state index contributed by atoms with van der Waals surface area (Å²) in [6, 6.07) is 7.21. The van der Waals surface area contributed by atoms with E-state index in [4.69, 9.17) is 0 Å². The largest absolute Gasteiger partial charge is 0.390 e. The van der Waals surface area contributed by atoms with Crippen LogP contribution in [0.15, 0.2) is 24.3 Å². The van der Waals surface area contributed by atoms with E-state index in [1.807, 2.05) is 6.07 Å². The molecule has 0 spiro atoms. The number of rotatable bonds is 7. The third kappa shape index (κ3) is 5.02. The first-order chi connectivity index (χ1) is 10.9. The number of hydrogen-bond donors (Lipinski definition) is 1. The van der Waals surface area contributed by atoms with Gasteiger partial charge in [-0.15, -0.1) is 0 Å². The van der Waals surface area contributed by atoms with Crippen molar-refractivity contribution < 1.29 is 9.50 Å². The molecule has 0 saturated heterocycles. The van der Waals surface area contributed by atoms with Gasteiger partial charge in [0.2, 0.25) is 0 Å². The van der Waals surface area contributed by atoms with Crippen molar-refractivity contribution >= 4 is 0 Å². The molecule has 0 aliphatic heterocycles. The molecule has 0 heterocycles. The van der Waals surface area contributed by atoms with Crippen LogP contribution in [0.25, 0.3) is 0 Å². The summed E-state index contributed by atoms with van der Waals surface area (Å²) in [4.78, 5) is 2.20. The van der Waals surface area contributed by atoms with E-state index in [-0.39, 0.29) is 11.9 Å². The molecular formula is C20H32FNO. The van der Waals surface area contributed by atoms with Crippen LogP contribution in [0.4, 0.5) is 4.39 Å². The van der Waals surface area contributed by atoms with E-state index < -0.39 is 5.60 Å². The lowest BCUT2D eigenvalue weighted by molar-refractivity contribution is -0.0287. The lowest BCUT2D eigenvalue weighted by atomic mass is 9.72. The Morgan fingerprint density at radius 2 is 1.96 bits per heavy atom. The van der Waals surface area contributed by atoms with Gasteiger partial charge in [0.15, 0.2) is 0 Å². The molecule has 1 aromatic carbocycles. The van der Waals surface area contributed by atoms with Crippen molar-refractivity contribution in [2.24, 2.45) is 5.92 Å². The average Bonchev–Trinajstić information content (AvgIpc) is 2.50. The highest BCUT2D eigenvalue weighted by Crippen LogP contribution is 2.42. The number of unbranched alkanes of at least 4 members (excludes halogenated alkanes) is 2. The number of halogens is 1. The van der Waals surface area contributed by atoms with Crippen molar-refractivity contribution in [3.8, 4) is 0 Å². The van der Waals surface area contributed by atoms with Gasteiger partial charge >= 0.3 is 0 Å². The zero-order valence-electron chi connectivity index (χ0n) is 14.9. The minimum absolute atomic E-state index is 0.166. The molecule has 2 rings (SSSR count). The molecule has 2 nitrogen and oxygen atoms in total. The number of nitrogens with zero attached hydrogens (tertiary/aromatic N) is 1. The molecule has 0 radical (unpaired) electrons. The van der Waals surface area contributed by atoms with Crippen LogP contribution >= 0.6 is 0 Å². The van der Waals surface area contributed by atoms with E-state index in [9.17, 15) is 9.50 Å². The topological polar surface area (TPSA) is 23.5 Å². The zero-order chi connectivity index (χ0) is 16.9. The second-order valence-electron chi connectivity index (χ2n) is 7.48. The van der Waals surface area contributed by atoms with E-state index >= 15 is 0 Å². The summed E-state index contributed by atoms with van der Waals surface area (Å²) in [5, 5.41) is 10.8. The zero-order valence-corrected chi connectivity index (χ0v) is 14.9. The molecule has 1 aromatic rings. The van der Waals surface area contributed by atoms with Gasteiger partial charge < -0.3 is 10.0 Å². The maximum Gasteiger partial charge on any atom is 0.123 e. The highest BCUT2D eigenvalue weighted by atomic mass is 19.1. The van der Waals surface area contributed by atoms with E-state index in [0.29, 0.717) is 5.92 Å². The van der Waals surface area contributed by atoms with Crippen LogP contribution in [-0.2, 0) is 0 Å². The minimum atomic E-state index is -0.468. The maximum atomic E-state index is 13.6. The fourth-order valence-electron chi connectivity index (χ4n) is 4.13. The first-order valence-corrected chi connectivity index (χ1v) is 9.09. The van der Waals surface area contributed by atoms with Crippen LogP contribution in [0.2, 0.25) is 0 Å². The van der Waals surface area contributed by atoms with Gasteiger partial charge in [-0.3, -0.25) is 0 Å². The highest BCUT2D eigenvalue weighted by Gasteiger charge is 2.36. The molecule has 23 heavy (non-hydrogen) atoms. The Kier molecular flexibility index (Phi) is 6.60. The smallest absolute Gasteiger partial charge is 0.123 e. The van der Waals surface area contributed by atoms with Crippen molar-refractivity contribution in [1.82, 2.24) is 4.90 Å². The summed E-state index contributed by atoms with van der Waals surface area (Å²) < 4.78 is 13.6. The molecule has 1 N–H and O–H groups in total. The molecule has 1 aliphatic rings. The summed E-state index contributed by atoms with van der Waals surface area (Å²) in [7, 11) is 4.13. The quantitative estimate of drug-likeness (QED) is 0.720. The molecular weight excluding hydrogens is 289 g/mol. The second-order valence-corrected chi connectivity index (χ2v) is 7.48. The lowest BCUT2D eigenvalue weighted by Crippen LogP contribution is -2.38. The Labute approximate surface area is 140 Å². The molecule has 1 aliphatic carbocycles. The van der Waals surface area contributed by atoms with Gasteiger partial charge in [-0.2, -0.15) is 0 Å². The number of hydrogen-bond acceptors (Lipinski definition) is 2. The van der Waals surface area contributed by atoms with Crippen molar-refractivity contribution in [1.29, 1.82) is 0 Å². The van der Waals surface area contributed by atoms with Crippen LogP contribution < -0.4 is 0 Å². The molecule has 1 saturated carbocycles. The van der Waals surface area contributed by atoms with Crippen molar-refractivity contribution in [3.05, 3.63) is 35.6 Å². The summed E-state index contributed by atoms with van der Waals surface area (Å²) in [5.41, 5.74) is 0.584. The van der Waals surface area contributed by atoms with Crippen molar-refractivity contribution in [3.63, 3.8) is 0 Å². The van der Waals surface area contributed by atoms with Gasteiger partial charge in [0, 0.05) is 6.04 Å². The molecule has 1 atom stereocenters. The average molecular weight is 321 g/mol. The molecule has 1 fully saturated rings. The van der Waals surface area contributed by atoms with Gasteiger partial charge in [-0.1, -0.05) is 38.3 Å². The van der Waals surface area contributed by atoms with Crippen LogP contribution in [-0.4, -0.2) is 29.7 Å². The van der Waals surface area contributed by atoms with Gasteiger partial charge in [-0.25, -0.2) is 4.39 Å². The van der Waals surface area contributed by atoms with Gasteiger partial charge in [-0.05, 0) is 69.8 Å². The van der Waals surface area contributed by atoms with Crippen LogP contribution in [0.1, 0.15) is 69.9 Å². The van der Waals surface area contributed by atoms with E-state index in [1.54, 1.807) is 12.1 Å². The first kappa shape index (κ1) is 18.4. The monoisotopic (exact) mass is 321 g/mol. The number of benzene rings is 1. The Bertz CT molecular complexity index is 480. The fourth-order valence-corrected chi connectivity index (χ4v) is 4.13. The highest BCUT2D eigenvalue weighted by molar-refractivity contribution is 5.21. The number of aliphatic hydroxyl groups is 1. The van der Waals surface area contributed by atoms with Crippen molar-refractivity contribution in [2.75, 3.05) is 14.1 Å². The Hall–Kier alpha value is -0.930. The van der Waals surface area contributed by atoms with E-state index in [2.05, 4.69) is 25.9 Å². The Morgan fingerprint density at radius 3 is 2.52 bits per heavy atom. The van der Waals surface area contributed by atoms with E-state index in [1.165, 1.54) is 18.9 Å². The molecule has 0 bridgehead atoms. The van der Waals surface area contributed by atoms with Gasteiger partial charge in [0.25, 0.3) is 0 Å². The molecule has 130 valence electrons. The van der Waals surface area contributed by atoms with E-state index in [0.717, 1.165) is 44.1 Å². The molecule has 0 amide bonds. The summed E-state index contributed by atoms with van der Waals surface area (Å²) >= 11 is 0. The van der Waals surface area contributed by atoms with Crippen LogP contribution in [0.5, 0.6) is 0 Å². The summed E-state index contributed by atoms with van der Waals surface area (Å²) in [5.74, 6) is 0.319. The minimum Gasteiger partial charge on any atom is -0.390 e. The predicted molar refractivity (Wildman–Crippen MR) is 93.9 cm³/mol. The normalized spacial score (nSPS) is 26.4. The summed E-state index contributed by atoms with van der Waals surface area (Å²) in [6.07, 6.45) is 8.24. The Balaban J connectivity index is 2.01. The Morgan fingerprint density at radius 1 is 1.26 bits per heavy atom. The van der Waals surface area contributed by atoms with Gasteiger partial charge in [0.1, 0.15) is 5.82 Å². The molecule has 1 unspecified atom stereocenters. The van der Waals surface area contributed by atoms with Crippen molar-refractivity contribution in [2.45, 2.75) is 69.9 Å². The predicted octanol–water partition coefficient (Wildman–Crippen LogP) is 4.93.